The predicted octanol–water partition coefficient (Wildman–Crippen LogP) is 3.86. The Bertz CT molecular complexity index is 931. The molecule has 1 aromatic heterocycles. The number of rotatable bonds is 6. The van der Waals surface area contributed by atoms with Gasteiger partial charge in [-0.2, -0.15) is 0 Å². The number of oxazole rings is 1. The van der Waals surface area contributed by atoms with Gasteiger partial charge in [-0.25, -0.2) is 4.98 Å². The van der Waals surface area contributed by atoms with Crippen LogP contribution in [0.15, 0.2) is 59.1 Å². The Morgan fingerprint density at radius 1 is 1.15 bits per heavy atom. The molecule has 0 amide bonds. The summed E-state index contributed by atoms with van der Waals surface area (Å²) in [6.07, 6.45) is 3.27. The third-order valence-corrected chi connectivity index (χ3v) is 3.89. The fourth-order valence-corrected chi connectivity index (χ4v) is 2.48. The van der Waals surface area contributed by atoms with Crippen LogP contribution in [0.1, 0.15) is 11.5 Å². The number of nitrogens with zero attached hydrogens (tertiary/aromatic N) is 1. The SMILES string of the molecule is O=C([O-])COc1ccc(/C=C(\Cl)c2ncc(-c3ccc(Cl)cc3)o2)cc1. The monoisotopic (exact) mass is 388 g/mol. The van der Waals surface area contributed by atoms with Crippen molar-refractivity contribution in [1.29, 1.82) is 0 Å². The van der Waals surface area contributed by atoms with Gasteiger partial charge in [0.1, 0.15) is 17.4 Å². The largest absolute Gasteiger partial charge is 0.546 e. The van der Waals surface area contributed by atoms with Gasteiger partial charge in [-0.1, -0.05) is 35.3 Å². The third kappa shape index (κ3) is 4.65. The van der Waals surface area contributed by atoms with Crippen LogP contribution in [0.4, 0.5) is 0 Å². The van der Waals surface area contributed by atoms with Gasteiger partial charge in [0, 0.05) is 10.6 Å². The highest BCUT2D eigenvalue weighted by molar-refractivity contribution is 6.50. The normalized spacial score (nSPS) is 11.4. The maximum atomic E-state index is 10.4. The number of benzene rings is 2. The Morgan fingerprint density at radius 3 is 2.50 bits per heavy atom. The third-order valence-electron chi connectivity index (χ3n) is 3.37. The van der Waals surface area contributed by atoms with Gasteiger partial charge in [-0.05, 0) is 48.0 Å². The van der Waals surface area contributed by atoms with Crippen LogP contribution in [-0.2, 0) is 4.79 Å². The summed E-state index contributed by atoms with van der Waals surface area (Å²) in [5, 5.41) is 11.3. The van der Waals surface area contributed by atoms with Crippen molar-refractivity contribution in [2.24, 2.45) is 0 Å². The molecule has 1 heterocycles. The van der Waals surface area contributed by atoms with Crippen LogP contribution in [0.3, 0.4) is 0 Å². The molecular formula is C19H12Cl2NO4-. The maximum Gasteiger partial charge on any atom is 0.238 e. The second-order valence-corrected chi connectivity index (χ2v) is 6.10. The van der Waals surface area contributed by atoms with Crippen LogP contribution in [0, 0.1) is 0 Å². The van der Waals surface area contributed by atoms with Crippen molar-refractivity contribution in [2.75, 3.05) is 6.61 Å². The van der Waals surface area contributed by atoms with Crippen LogP contribution in [0.2, 0.25) is 5.02 Å². The summed E-state index contributed by atoms with van der Waals surface area (Å²) in [6, 6.07) is 13.9. The molecule has 0 bridgehead atoms. The van der Waals surface area contributed by atoms with E-state index in [1.165, 1.54) is 0 Å². The van der Waals surface area contributed by atoms with E-state index < -0.39 is 12.6 Å². The van der Waals surface area contributed by atoms with Crippen molar-refractivity contribution < 1.29 is 19.1 Å². The van der Waals surface area contributed by atoms with Crippen molar-refractivity contribution >= 4 is 40.3 Å². The van der Waals surface area contributed by atoms with Crippen LogP contribution in [-0.4, -0.2) is 17.6 Å². The van der Waals surface area contributed by atoms with E-state index in [1.807, 2.05) is 12.1 Å². The smallest absolute Gasteiger partial charge is 0.238 e. The maximum absolute atomic E-state index is 10.4. The number of carbonyl (C=O) groups is 1. The minimum atomic E-state index is -1.28. The molecule has 0 saturated carbocycles. The van der Waals surface area contributed by atoms with Crippen LogP contribution < -0.4 is 9.84 Å². The summed E-state index contributed by atoms with van der Waals surface area (Å²) >= 11 is 12.1. The summed E-state index contributed by atoms with van der Waals surface area (Å²) in [6.45, 7) is -0.500. The lowest BCUT2D eigenvalue weighted by atomic mass is 10.2. The van der Waals surface area contributed by atoms with Gasteiger partial charge in [-0.15, -0.1) is 0 Å². The van der Waals surface area contributed by atoms with E-state index in [1.54, 1.807) is 48.7 Å². The van der Waals surface area contributed by atoms with Gasteiger partial charge in [0.15, 0.2) is 5.76 Å². The Balaban J connectivity index is 1.73. The number of carboxylic acids is 1. The summed E-state index contributed by atoms with van der Waals surface area (Å²) in [5.41, 5.74) is 1.62. The molecule has 0 atom stereocenters. The summed E-state index contributed by atoms with van der Waals surface area (Å²) in [7, 11) is 0. The number of halogens is 2. The molecule has 0 radical (unpaired) electrons. The number of aliphatic carboxylic acids is 1. The molecule has 26 heavy (non-hydrogen) atoms. The molecule has 0 N–H and O–H groups in total. The number of carboxylic acid groups (broad SMARTS) is 1. The van der Waals surface area contributed by atoms with Crippen molar-refractivity contribution in [2.45, 2.75) is 0 Å². The molecule has 0 spiro atoms. The molecule has 0 unspecified atom stereocenters. The highest BCUT2D eigenvalue weighted by Gasteiger charge is 2.09. The molecule has 7 heteroatoms. The van der Waals surface area contributed by atoms with Gasteiger partial charge >= 0.3 is 0 Å². The minimum Gasteiger partial charge on any atom is -0.546 e. The summed E-state index contributed by atoms with van der Waals surface area (Å²) in [4.78, 5) is 14.6. The predicted molar refractivity (Wildman–Crippen MR) is 97.6 cm³/mol. The van der Waals surface area contributed by atoms with Crippen molar-refractivity contribution in [3.63, 3.8) is 0 Å². The van der Waals surface area contributed by atoms with Gasteiger partial charge < -0.3 is 19.1 Å². The van der Waals surface area contributed by atoms with E-state index in [2.05, 4.69) is 4.98 Å². The lowest BCUT2D eigenvalue weighted by molar-refractivity contribution is -0.307. The number of carbonyl (C=O) groups excluding carboxylic acids is 1. The van der Waals surface area contributed by atoms with Gasteiger partial charge in [-0.3, -0.25) is 0 Å². The lowest BCUT2D eigenvalue weighted by Gasteiger charge is -2.06. The Morgan fingerprint density at radius 2 is 1.85 bits per heavy atom. The zero-order chi connectivity index (χ0) is 18.5. The van der Waals surface area contributed by atoms with Crippen LogP contribution in [0.5, 0.6) is 5.75 Å². The van der Waals surface area contributed by atoms with E-state index in [0.29, 0.717) is 21.6 Å². The summed E-state index contributed by atoms with van der Waals surface area (Å²) < 4.78 is 10.7. The Labute approximate surface area is 159 Å². The molecule has 0 fully saturated rings. The summed E-state index contributed by atoms with van der Waals surface area (Å²) in [5.74, 6) is 0.00385. The zero-order valence-electron chi connectivity index (χ0n) is 13.3. The first-order valence-electron chi connectivity index (χ1n) is 7.53. The van der Waals surface area contributed by atoms with Crippen molar-refractivity contribution in [3.8, 4) is 17.1 Å². The number of hydrogen-bond acceptors (Lipinski definition) is 5. The Kier molecular flexibility index (Phi) is 5.61. The number of hydrogen-bond donors (Lipinski definition) is 0. The molecule has 0 aliphatic carbocycles. The molecular weight excluding hydrogens is 377 g/mol. The van der Waals surface area contributed by atoms with E-state index in [-0.39, 0.29) is 5.89 Å². The van der Waals surface area contributed by atoms with Crippen molar-refractivity contribution in [1.82, 2.24) is 4.98 Å². The van der Waals surface area contributed by atoms with Crippen LogP contribution in [0.25, 0.3) is 22.4 Å². The van der Waals surface area contributed by atoms with Gasteiger partial charge in [0.05, 0.1) is 12.2 Å². The second kappa shape index (κ2) is 8.08. The Hall–Kier alpha value is -2.76. The van der Waals surface area contributed by atoms with Crippen molar-refractivity contribution in [3.05, 3.63) is 71.2 Å². The van der Waals surface area contributed by atoms with E-state index in [0.717, 1.165) is 11.1 Å². The van der Waals surface area contributed by atoms with Gasteiger partial charge in [0.2, 0.25) is 5.89 Å². The molecule has 0 saturated heterocycles. The highest BCUT2D eigenvalue weighted by Crippen LogP contribution is 2.28. The zero-order valence-corrected chi connectivity index (χ0v) is 14.8. The average Bonchev–Trinajstić information content (AvgIpc) is 3.12. The van der Waals surface area contributed by atoms with E-state index in [4.69, 9.17) is 32.4 Å². The van der Waals surface area contributed by atoms with E-state index >= 15 is 0 Å². The first kappa shape index (κ1) is 18.0. The topological polar surface area (TPSA) is 75.4 Å². The van der Waals surface area contributed by atoms with E-state index in [9.17, 15) is 9.90 Å². The first-order chi connectivity index (χ1) is 12.5. The standard InChI is InChI=1S/C19H13Cl2NO4/c20-14-5-3-13(4-6-14)17-10-22-19(26-17)16(21)9-12-1-7-15(8-2-12)25-11-18(23)24/h1-10H,11H2,(H,23,24)/p-1/b16-9-. The molecule has 2 aromatic carbocycles. The molecule has 5 nitrogen and oxygen atoms in total. The first-order valence-corrected chi connectivity index (χ1v) is 8.29. The molecule has 0 aliphatic rings. The fraction of sp³-hybridized carbons (Fsp3) is 0.0526. The lowest BCUT2D eigenvalue weighted by Crippen LogP contribution is -2.28. The highest BCUT2D eigenvalue weighted by atomic mass is 35.5. The fourth-order valence-electron chi connectivity index (χ4n) is 2.14. The molecule has 3 aromatic rings. The number of aromatic nitrogens is 1. The number of ether oxygens (including phenoxy) is 1. The molecule has 132 valence electrons. The second-order valence-electron chi connectivity index (χ2n) is 5.26. The quantitative estimate of drug-likeness (QED) is 0.640. The van der Waals surface area contributed by atoms with Crippen LogP contribution >= 0.6 is 23.2 Å². The minimum absolute atomic E-state index is 0.286. The van der Waals surface area contributed by atoms with Gasteiger partial charge in [0.25, 0.3) is 0 Å². The average molecular weight is 389 g/mol. The molecule has 0 aliphatic heterocycles. The molecule has 3 rings (SSSR count).